The normalized spacial score (nSPS) is 21.4. The maximum atomic E-state index is 13.9. The zero-order valence-electron chi connectivity index (χ0n) is 12.1. The van der Waals surface area contributed by atoms with Crippen molar-refractivity contribution in [1.82, 2.24) is 4.65 Å². The van der Waals surface area contributed by atoms with Crippen LogP contribution in [-0.2, 0) is 0 Å². The third kappa shape index (κ3) is 2.44. The first kappa shape index (κ1) is 13.8. The molecule has 0 radical (unpaired) electrons. The van der Waals surface area contributed by atoms with Crippen LogP contribution in [0.3, 0.4) is 0 Å². The summed E-state index contributed by atoms with van der Waals surface area (Å²) in [4.78, 5) is 0. The van der Waals surface area contributed by atoms with Gasteiger partial charge < -0.3 is 5.21 Å². The van der Waals surface area contributed by atoms with Gasteiger partial charge in [-0.2, -0.15) is 0 Å². The van der Waals surface area contributed by atoms with Crippen LogP contribution in [0.1, 0.15) is 6.92 Å². The maximum Gasteiger partial charge on any atom is 0.138 e. The van der Waals surface area contributed by atoms with E-state index in [0.29, 0.717) is 0 Å². The minimum atomic E-state index is -0.455. The first-order chi connectivity index (χ1) is 10.2. The average Bonchev–Trinajstić information content (AvgIpc) is 2.56. The van der Waals surface area contributed by atoms with Crippen LogP contribution in [0.25, 0.3) is 0 Å². The fourth-order valence-corrected chi connectivity index (χ4v) is 2.95. The van der Waals surface area contributed by atoms with Crippen molar-refractivity contribution in [3.63, 3.8) is 0 Å². The van der Waals surface area contributed by atoms with E-state index < -0.39 is 4.65 Å². The van der Waals surface area contributed by atoms with E-state index in [9.17, 15) is 5.21 Å². The second-order valence-corrected chi connectivity index (χ2v) is 5.45. The number of hydroxylamine groups is 1. The summed E-state index contributed by atoms with van der Waals surface area (Å²) in [5, 5.41) is 13.9. The van der Waals surface area contributed by atoms with Crippen molar-refractivity contribution in [2.75, 3.05) is 0 Å². The Labute approximate surface area is 125 Å². The van der Waals surface area contributed by atoms with Crippen molar-refractivity contribution < 1.29 is 0 Å². The minimum absolute atomic E-state index is 0.153. The topological polar surface area (TPSA) is 23.1 Å². The van der Waals surface area contributed by atoms with Gasteiger partial charge in [0.05, 0.1) is 0 Å². The fraction of sp³-hybridized carbons (Fsp3) is 0.158. The first-order valence-corrected chi connectivity index (χ1v) is 7.29. The van der Waals surface area contributed by atoms with Crippen molar-refractivity contribution >= 4 is 11.4 Å². The van der Waals surface area contributed by atoms with Crippen LogP contribution in [0.4, 0.5) is 11.4 Å². The molecule has 2 heteroatoms. The van der Waals surface area contributed by atoms with Gasteiger partial charge in [-0.1, -0.05) is 61.5 Å². The smallest absolute Gasteiger partial charge is 0.138 e. The van der Waals surface area contributed by atoms with Crippen LogP contribution in [-0.4, -0.2) is 6.04 Å². The second-order valence-electron chi connectivity index (χ2n) is 5.45. The van der Waals surface area contributed by atoms with Gasteiger partial charge in [0.15, 0.2) is 0 Å². The lowest BCUT2D eigenvalue weighted by Gasteiger charge is -2.48. The van der Waals surface area contributed by atoms with E-state index in [2.05, 4.69) is 13.0 Å². The summed E-state index contributed by atoms with van der Waals surface area (Å²) in [7, 11) is 0. The molecule has 1 aliphatic carbocycles. The van der Waals surface area contributed by atoms with Gasteiger partial charge in [0.25, 0.3) is 0 Å². The van der Waals surface area contributed by atoms with Crippen molar-refractivity contribution in [1.29, 1.82) is 0 Å². The molecule has 106 valence electrons. The van der Waals surface area contributed by atoms with E-state index in [1.165, 1.54) is 0 Å². The quantitative estimate of drug-likeness (QED) is 0.574. The zero-order valence-corrected chi connectivity index (χ0v) is 12.1. The van der Waals surface area contributed by atoms with Gasteiger partial charge in [0.1, 0.15) is 17.4 Å². The Morgan fingerprint density at radius 3 is 1.71 bits per heavy atom. The van der Waals surface area contributed by atoms with E-state index in [1.54, 1.807) is 0 Å². The lowest BCUT2D eigenvalue weighted by Crippen LogP contribution is -2.49. The number of rotatable bonds is 3. The van der Waals surface area contributed by atoms with Crippen LogP contribution >= 0.6 is 0 Å². The number of quaternary nitrogens is 1. The highest BCUT2D eigenvalue weighted by molar-refractivity contribution is 5.61. The number of benzene rings is 2. The third-order valence-electron chi connectivity index (χ3n) is 4.07. The lowest BCUT2D eigenvalue weighted by atomic mass is 9.93. The highest BCUT2D eigenvalue weighted by atomic mass is 16.5. The molecule has 0 N–H and O–H groups in total. The highest BCUT2D eigenvalue weighted by Gasteiger charge is 2.35. The van der Waals surface area contributed by atoms with Gasteiger partial charge >= 0.3 is 0 Å². The summed E-state index contributed by atoms with van der Waals surface area (Å²) in [5.41, 5.74) is 1.53. The molecule has 0 amide bonds. The molecule has 2 nitrogen and oxygen atoms in total. The Morgan fingerprint density at radius 2 is 1.24 bits per heavy atom. The van der Waals surface area contributed by atoms with Crippen LogP contribution in [0.5, 0.6) is 0 Å². The van der Waals surface area contributed by atoms with Crippen LogP contribution in [0.2, 0.25) is 0 Å². The summed E-state index contributed by atoms with van der Waals surface area (Å²) in [6, 6.07) is 19.1. The van der Waals surface area contributed by atoms with Crippen LogP contribution < -0.4 is 4.65 Å². The number of para-hydroxylation sites is 2. The molecule has 2 aromatic carbocycles. The van der Waals surface area contributed by atoms with E-state index >= 15 is 0 Å². The molecule has 2 aromatic rings. The third-order valence-corrected chi connectivity index (χ3v) is 4.07. The predicted octanol–water partition coefficient (Wildman–Crippen LogP) is 4.95. The molecular formula is C19H19NO. The number of allylic oxidation sites excluding steroid dienone is 2. The van der Waals surface area contributed by atoms with E-state index in [4.69, 9.17) is 0 Å². The minimum Gasteiger partial charge on any atom is -0.621 e. The van der Waals surface area contributed by atoms with Gasteiger partial charge in [-0.25, -0.2) is 0 Å². The van der Waals surface area contributed by atoms with Crippen molar-refractivity contribution in [3.8, 4) is 0 Å². The summed E-state index contributed by atoms with van der Waals surface area (Å²) < 4.78 is -0.455. The zero-order chi connectivity index (χ0) is 14.7. The molecule has 0 saturated carbocycles. The van der Waals surface area contributed by atoms with Gasteiger partial charge in [-0.15, -0.1) is 0 Å². The van der Waals surface area contributed by atoms with Crippen molar-refractivity contribution in [2.45, 2.75) is 13.0 Å². The van der Waals surface area contributed by atoms with Gasteiger partial charge in [-0.3, -0.25) is 4.65 Å². The molecule has 3 rings (SSSR count). The molecule has 1 aliphatic rings. The van der Waals surface area contributed by atoms with E-state index in [1.807, 2.05) is 78.9 Å². The molecule has 0 spiro atoms. The molecule has 0 aliphatic heterocycles. The first-order valence-electron chi connectivity index (χ1n) is 7.29. The molecule has 0 aromatic heterocycles. The molecule has 0 heterocycles. The highest BCUT2D eigenvalue weighted by Crippen LogP contribution is 2.40. The Balaban J connectivity index is 2.16. The largest absolute Gasteiger partial charge is 0.621 e. The van der Waals surface area contributed by atoms with Crippen LogP contribution in [0, 0.1) is 11.1 Å². The summed E-state index contributed by atoms with van der Waals surface area (Å²) >= 11 is 0. The molecule has 2 unspecified atom stereocenters. The van der Waals surface area contributed by atoms with Crippen molar-refractivity contribution in [2.24, 2.45) is 5.92 Å². The molecule has 0 fully saturated rings. The molecule has 0 bridgehead atoms. The number of nitrogens with zero attached hydrogens (tertiary/aromatic N) is 1. The Morgan fingerprint density at radius 1 is 0.762 bits per heavy atom. The summed E-state index contributed by atoms with van der Waals surface area (Å²) in [6.45, 7) is 2.10. The standard InChI is InChI=1S/C19H19NO/c1-16-10-8-9-15-19(16)20(21,17-11-4-2-5-12-17)18-13-6-3-7-14-18/h2-16,19H,1H3. The monoisotopic (exact) mass is 277 g/mol. The SMILES string of the molecule is CC1C=CC=CC1[N+]([O-])(c1ccccc1)c1ccccc1. The van der Waals surface area contributed by atoms with Gasteiger partial charge in [0.2, 0.25) is 0 Å². The Bertz CT molecular complexity index is 606. The number of hydrogen-bond donors (Lipinski definition) is 0. The molecule has 2 atom stereocenters. The van der Waals surface area contributed by atoms with E-state index in [0.717, 1.165) is 11.4 Å². The summed E-state index contributed by atoms with van der Waals surface area (Å²) in [5.74, 6) is 0.188. The maximum absolute atomic E-state index is 13.9. The summed E-state index contributed by atoms with van der Waals surface area (Å²) in [6.07, 6.45) is 8.11. The van der Waals surface area contributed by atoms with Gasteiger partial charge in [0, 0.05) is 5.92 Å². The number of hydrogen-bond acceptors (Lipinski definition) is 1. The Hall–Kier alpha value is -2.16. The fourth-order valence-electron chi connectivity index (χ4n) is 2.95. The van der Waals surface area contributed by atoms with E-state index in [-0.39, 0.29) is 12.0 Å². The second kappa shape index (κ2) is 5.68. The van der Waals surface area contributed by atoms with Crippen molar-refractivity contribution in [3.05, 3.63) is 90.2 Å². The predicted molar refractivity (Wildman–Crippen MR) is 88.9 cm³/mol. The molecular weight excluding hydrogens is 258 g/mol. The lowest BCUT2D eigenvalue weighted by molar-refractivity contribution is 0.366. The van der Waals surface area contributed by atoms with Crippen LogP contribution in [0.15, 0.2) is 85.0 Å². The average molecular weight is 277 g/mol. The molecule has 21 heavy (non-hydrogen) atoms. The van der Waals surface area contributed by atoms with Gasteiger partial charge in [-0.05, 0) is 30.3 Å². The Kier molecular flexibility index (Phi) is 3.74. The molecule has 0 saturated heterocycles.